The van der Waals surface area contributed by atoms with Crippen LogP contribution in [-0.4, -0.2) is 0 Å². The summed E-state index contributed by atoms with van der Waals surface area (Å²) < 4.78 is 0. The lowest BCUT2D eigenvalue weighted by Crippen LogP contribution is -2.05. The molecule has 1 heteroatoms. The van der Waals surface area contributed by atoms with Gasteiger partial charge in [-0.1, -0.05) is 168 Å². The lowest BCUT2D eigenvalue weighted by molar-refractivity contribution is 0.566. The normalized spacial score (nSPS) is 11.5. The molecule has 0 heterocycles. The molecule has 0 nitrogen and oxygen atoms in total. The SMILES string of the molecule is CCCCCCCCCCc1ccc(CCl)c(CCCCCCCCCC)c1CCCCCCCCCC. The zero-order valence-corrected chi connectivity index (χ0v) is 27.1. The van der Waals surface area contributed by atoms with Gasteiger partial charge in [-0.15, -0.1) is 11.6 Å². The van der Waals surface area contributed by atoms with E-state index in [0.29, 0.717) is 5.88 Å². The molecule has 0 unspecified atom stereocenters. The van der Waals surface area contributed by atoms with E-state index in [-0.39, 0.29) is 0 Å². The second-order valence-electron chi connectivity index (χ2n) is 12.1. The van der Waals surface area contributed by atoms with Gasteiger partial charge >= 0.3 is 0 Å². The summed E-state index contributed by atoms with van der Waals surface area (Å²) in [5.74, 6) is 0.675. The van der Waals surface area contributed by atoms with Crippen molar-refractivity contribution in [3.8, 4) is 0 Å². The maximum absolute atomic E-state index is 6.51. The summed E-state index contributed by atoms with van der Waals surface area (Å²) in [6.07, 6.45) is 37.4. The topological polar surface area (TPSA) is 0 Å². The van der Waals surface area contributed by atoms with Crippen molar-refractivity contribution in [2.45, 2.75) is 200 Å². The van der Waals surface area contributed by atoms with Gasteiger partial charge in [0.25, 0.3) is 0 Å². The molecule has 0 N–H and O–H groups in total. The van der Waals surface area contributed by atoms with Crippen molar-refractivity contribution in [1.82, 2.24) is 0 Å². The third-order valence-electron chi connectivity index (χ3n) is 8.63. The van der Waals surface area contributed by atoms with Crippen LogP contribution >= 0.6 is 11.6 Å². The van der Waals surface area contributed by atoms with Gasteiger partial charge in [0.05, 0.1) is 0 Å². The summed E-state index contributed by atoms with van der Waals surface area (Å²) in [7, 11) is 0. The number of rotatable bonds is 28. The molecule has 0 aliphatic carbocycles. The molecule has 0 atom stereocenters. The lowest BCUT2D eigenvalue weighted by atomic mass is 9.87. The van der Waals surface area contributed by atoms with E-state index < -0.39 is 0 Å². The fourth-order valence-corrected chi connectivity index (χ4v) is 6.34. The van der Waals surface area contributed by atoms with Crippen LogP contribution < -0.4 is 0 Å². The van der Waals surface area contributed by atoms with Gasteiger partial charge in [-0.2, -0.15) is 0 Å². The van der Waals surface area contributed by atoms with Crippen molar-refractivity contribution in [2.24, 2.45) is 0 Å². The highest BCUT2D eigenvalue weighted by atomic mass is 35.5. The Kier molecular flexibility index (Phi) is 25.0. The monoisotopic (exact) mass is 546 g/mol. The van der Waals surface area contributed by atoms with Crippen molar-refractivity contribution < 1.29 is 0 Å². The molecule has 1 rings (SSSR count). The molecule has 1 aromatic carbocycles. The van der Waals surface area contributed by atoms with Crippen LogP contribution in [0, 0.1) is 0 Å². The Bertz CT molecular complexity index is 634. The summed E-state index contributed by atoms with van der Waals surface area (Å²) in [6, 6.07) is 4.83. The molecular weight excluding hydrogens is 480 g/mol. The standard InChI is InChI=1S/C37H67Cl/c1-4-7-10-13-16-19-22-25-28-34-31-32-35(33-38)37(30-27-24-21-18-15-12-9-6-3)36(34)29-26-23-20-17-14-11-8-5-2/h31-32H,4-30,33H2,1-3H3. The Balaban J connectivity index is 2.65. The molecule has 0 fully saturated rings. The number of unbranched alkanes of at least 4 members (excludes halogenated alkanes) is 21. The van der Waals surface area contributed by atoms with Gasteiger partial charge in [0, 0.05) is 5.88 Å². The average Bonchev–Trinajstić information content (AvgIpc) is 2.93. The second-order valence-corrected chi connectivity index (χ2v) is 12.4. The van der Waals surface area contributed by atoms with Gasteiger partial charge in [0.1, 0.15) is 0 Å². The fourth-order valence-electron chi connectivity index (χ4n) is 6.09. The van der Waals surface area contributed by atoms with Crippen LogP contribution in [0.2, 0.25) is 0 Å². The summed E-state index contributed by atoms with van der Waals surface area (Å²) >= 11 is 6.51. The van der Waals surface area contributed by atoms with E-state index in [1.807, 2.05) is 0 Å². The van der Waals surface area contributed by atoms with Gasteiger partial charge in [0.2, 0.25) is 0 Å². The average molecular weight is 547 g/mol. The van der Waals surface area contributed by atoms with Gasteiger partial charge in [-0.05, 0) is 60.8 Å². The quantitative estimate of drug-likeness (QED) is 0.0723. The van der Waals surface area contributed by atoms with Crippen LogP contribution in [0.15, 0.2) is 12.1 Å². The third-order valence-corrected chi connectivity index (χ3v) is 8.92. The molecule has 0 saturated heterocycles. The zero-order chi connectivity index (χ0) is 27.5. The van der Waals surface area contributed by atoms with Crippen molar-refractivity contribution >= 4 is 11.6 Å². The summed E-state index contributed by atoms with van der Waals surface area (Å²) in [6.45, 7) is 6.93. The maximum atomic E-state index is 6.51. The molecule has 38 heavy (non-hydrogen) atoms. The largest absolute Gasteiger partial charge is 0.122 e. The first-order valence-electron chi connectivity index (χ1n) is 17.5. The van der Waals surface area contributed by atoms with Crippen LogP contribution in [0.5, 0.6) is 0 Å². The summed E-state index contributed by atoms with van der Waals surface area (Å²) in [5, 5.41) is 0. The van der Waals surface area contributed by atoms with E-state index in [2.05, 4.69) is 32.9 Å². The number of benzene rings is 1. The van der Waals surface area contributed by atoms with Gasteiger partial charge in [-0.3, -0.25) is 0 Å². The molecule has 0 bridgehead atoms. The summed E-state index contributed by atoms with van der Waals surface area (Å²) in [5.41, 5.74) is 6.43. The molecule has 0 saturated carbocycles. The van der Waals surface area contributed by atoms with Crippen molar-refractivity contribution in [3.63, 3.8) is 0 Å². The van der Waals surface area contributed by atoms with Gasteiger partial charge < -0.3 is 0 Å². The van der Waals surface area contributed by atoms with E-state index >= 15 is 0 Å². The van der Waals surface area contributed by atoms with E-state index in [0.717, 1.165) is 0 Å². The molecule has 222 valence electrons. The Morgan fingerprint density at radius 1 is 0.368 bits per heavy atom. The highest BCUT2D eigenvalue weighted by Crippen LogP contribution is 2.27. The molecule has 0 aliphatic rings. The van der Waals surface area contributed by atoms with Crippen LogP contribution in [-0.2, 0) is 25.1 Å². The molecule has 0 radical (unpaired) electrons. The molecule has 1 aromatic rings. The highest BCUT2D eigenvalue weighted by molar-refractivity contribution is 6.17. The molecule has 0 amide bonds. The van der Waals surface area contributed by atoms with Crippen LogP contribution in [0.4, 0.5) is 0 Å². The van der Waals surface area contributed by atoms with Crippen LogP contribution in [0.1, 0.15) is 197 Å². The van der Waals surface area contributed by atoms with Crippen LogP contribution in [0.3, 0.4) is 0 Å². The number of alkyl halides is 1. The zero-order valence-electron chi connectivity index (χ0n) is 26.3. The second kappa shape index (κ2) is 26.7. The van der Waals surface area contributed by atoms with Gasteiger partial charge in [-0.25, -0.2) is 0 Å². The first kappa shape index (κ1) is 35.5. The van der Waals surface area contributed by atoms with E-state index in [1.54, 1.807) is 16.7 Å². The number of hydrogen-bond acceptors (Lipinski definition) is 0. The smallest absolute Gasteiger partial charge is 0.0476 e. The minimum absolute atomic E-state index is 0.675. The predicted octanol–water partition coefficient (Wildman–Crippen LogP) is 13.5. The van der Waals surface area contributed by atoms with Crippen molar-refractivity contribution in [1.29, 1.82) is 0 Å². The molecule has 0 aromatic heterocycles. The van der Waals surface area contributed by atoms with Crippen molar-refractivity contribution in [2.75, 3.05) is 0 Å². The molecular formula is C37H67Cl. The Hall–Kier alpha value is -0.490. The minimum atomic E-state index is 0.675. The minimum Gasteiger partial charge on any atom is -0.122 e. The van der Waals surface area contributed by atoms with Crippen LogP contribution in [0.25, 0.3) is 0 Å². The molecule has 0 aliphatic heterocycles. The lowest BCUT2D eigenvalue weighted by Gasteiger charge is -2.19. The van der Waals surface area contributed by atoms with E-state index in [9.17, 15) is 0 Å². The highest BCUT2D eigenvalue weighted by Gasteiger charge is 2.13. The Morgan fingerprint density at radius 3 is 1.03 bits per heavy atom. The fraction of sp³-hybridized carbons (Fsp3) is 0.838. The van der Waals surface area contributed by atoms with Crippen molar-refractivity contribution in [3.05, 3.63) is 34.4 Å². The first-order valence-corrected chi connectivity index (χ1v) is 18.0. The van der Waals surface area contributed by atoms with E-state index in [4.69, 9.17) is 11.6 Å². The Labute approximate surface area is 245 Å². The molecule has 0 spiro atoms. The number of halogens is 1. The van der Waals surface area contributed by atoms with Gasteiger partial charge in [0.15, 0.2) is 0 Å². The predicted molar refractivity (Wildman–Crippen MR) is 175 cm³/mol. The van der Waals surface area contributed by atoms with E-state index in [1.165, 1.54) is 179 Å². The number of hydrogen-bond donors (Lipinski definition) is 0. The summed E-state index contributed by atoms with van der Waals surface area (Å²) in [4.78, 5) is 0. The first-order chi connectivity index (χ1) is 18.8. The Morgan fingerprint density at radius 2 is 0.658 bits per heavy atom. The number of aryl methyl sites for hydroxylation is 1. The third kappa shape index (κ3) is 18.0. The maximum Gasteiger partial charge on any atom is 0.0476 e.